The molecule has 5 aromatic rings. The second-order valence-corrected chi connectivity index (χ2v) is 11.3. The van der Waals surface area contributed by atoms with Crippen LogP contribution in [0.15, 0.2) is 105 Å². The van der Waals surface area contributed by atoms with Gasteiger partial charge < -0.3 is 9.72 Å². The van der Waals surface area contributed by atoms with Crippen LogP contribution in [-0.2, 0) is 9.53 Å². The number of hydrogen-bond acceptors (Lipinski definition) is 6. The van der Waals surface area contributed by atoms with E-state index in [2.05, 4.69) is 23.2 Å². The van der Waals surface area contributed by atoms with E-state index in [-0.39, 0.29) is 12.2 Å². The van der Waals surface area contributed by atoms with Crippen molar-refractivity contribution in [1.82, 2.24) is 9.55 Å². The number of allylic oxidation sites excluding steroid dienone is 1. The minimum absolute atomic E-state index is 0.193. The second kappa shape index (κ2) is 10.8. The fourth-order valence-corrected chi connectivity index (χ4v) is 6.61. The number of esters is 1. The molecule has 0 unspecified atom stereocenters. The number of benzene rings is 3. The van der Waals surface area contributed by atoms with Crippen molar-refractivity contribution in [3.63, 3.8) is 0 Å². The third kappa shape index (κ3) is 4.53. The zero-order valence-corrected chi connectivity index (χ0v) is 23.9. The molecule has 1 aliphatic heterocycles. The molecule has 0 spiro atoms. The van der Waals surface area contributed by atoms with Gasteiger partial charge in [0.1, 0.15) is 0 Å². The predicted octanol–water partition coefficient (Wildman–Crippen LogP) is 5.67. The summed E-state index contributed by atoms with van der Waals surface area (Å²) in [7, 11) is 0. The molecule has 0 radical (unpaired) electrons. The van der Waals surface area contributed by atoms with Crippen LogP contribution in [0.1, 0.15) is 31.0 Å². The van der Waals surface area contributed by atoms with Gasteiger partial charge in [-0.3, -0.25) is 9.36 Å². The Balaban J connectivity index is 1.59. The van der Waals surface area contributed by atoms with Crippen LogP contribution < -0.4 is 14.9 Å². The fraction of sp³-hybridized carbons (Fsp3) is 0.156. The number of thioether (sulfide) groups is 1. The van der Waals surface area contributed by atoms with Crippen molar-refractivity contribution in [3.05, 3.63) is 121 Å². The van der Waals surface area contributed by atoms with Gasteiger partial charge in [-0.1, -0.05) is 72.0 Å². The summed E-state index contributed by atoms with van der Waals surface area (Å²) in [4.78, 5) is 37.3. The number of aromatic nitrogens is 2. The number of H-pyrrole nitrogens is 1. The lowest BCUT2D eigenvalue weighted by atomic mass is 9.96. The SMILES string of the molecule is CCOC(=O)C1=C(C)N=c2s/c(=C/c3c(-c4ccccc4)[nH]c4ccccc34)c(=O)n2[C@H]1c1ccc(SC)cc1. The maximum atomic E-state index is 14.2. The van der Waals surface area contributed by atoms with E-state index in [0.717, 1.165) is 38.2 Å². The Morgan fingerprint density at radius 1 is 1.07 bits per heavy atom. The van der Waals surface area contributed by atoms with E-state index in [9.17, 15) is 9.59 Å². The molecule has 8 heteroatoms. The summed E-state index contributed by atoms with van der Waals surface area (Å²) < 4.78 is 7.61. The monoisotopic (exact) mass is 565 g/mol. The van der Waals surface area contributed by atoms with E-state index in [0.29, 0.717) is 20.6 Å². The minimum atomic E-state index is -0.634. The Labute approximate surface area is 239 Å². The van der Waals surface area contributed by atoms with Gasteiger partial charge in [0.2, 0.25) is 0 Å². The normalized spacial score (nSPS) is 15.3. The van der Waals surface area contributed by atoms with Crippen molar-refractivity contribution < 1.29 is 9.53 Å². The molecule has 6 rings (SSSR count). The Morgan fingerprint density at radius 2 is 1.80 bits per heavy atom. The topological polar surface area (TPSA) is 76.4 Å². The van der Waals surface area contributed by atoms with E-state index in [4.69, 9.17) is 9.73 Å². The largest absolute Gasteiger partial charge is 0.463 e. The zero-order valence-electron chi connectivity index (χ0n) is 22.3. The Hall–Kier alpha value is -4.14. The van der Waals surface area contributed by atoms with Gasteiger partial charge in [0.05, 0.1) is 34.1 Å². The number of hydrogen-bond donors (Lipinski definition) is 1. The van der Waals surface area contributed by atoms with E-state index in [1.807, 2.05) is 73.0 Å². The first-order chi connectivity index (χ1) is 19.5. The first kappa shape index (κ1) is 26.1. The average Bonchev–Trinajstić information content (AvgIpc) is 3.50. The maximum absolute atomic E-state index is 14.2. The van der Waals surface area contributed by atoms with Gasteiger partial charge in [0.25, 0.3) is 5.56 Å². The highest BCUT2D eigenvalue weighted by Gasteiger charge is 2.33. The minimum Gasteiger partial charge on any atom is -0.463 e. The summed E-state index contributed by atoms with van der Waals surface area (Å²) in [5, 5.41) is 1.03. The van der Waals surface area contributed by atoms with Crippen molar-refractivity contribution >= 4 is 46.0 Å². The van der Waals surface area contributed by atoms with Gasteiger partial charge in [-0.25, -0.2) is 9.79 Å². The van der Waals surface area contributed by atoms with Crippen molar-refractivity contribution in [2.45, 2.75) is 24.8 Å². The van der Waals surface area contributed by atoms with E-state index in [1.54, 1.807) is 30.2 Å². The molecule has 40 heavy (non-hydrogen) atoms. The molecule has 0 fully saturated rings. The number of thiazole rings is 1. The second-order valence-electron chi connectivity index (χ2n) is 9.40. The summed E-state index contributed by atoms with van der Waals surface area (Å²) >= 11 is 2.97. The molecule has 1 N–H and O–H groups in total. The molecule has 200 valence electrons. The smallest absolute Gasteiger partial charge is 0.338 e. The molecule has 0 saturated carbocycles. The van der Waals surface area contributed by atoms with Gasteiger partial charge in [0, 0.05) is 21.4 Å². The molecule has 0 bridgehead atoms. The Bertz CT molecular complexity index is 1950. The van der Waals surface area contributed by atoms with Crippen LogP contribution in [0.3, 0.4) is 0 Å². The lowest BCUT2D eigenvalue weighted by Crippen LogP contribution is -2.39. The Kier molecular flexibility index (Phi) is 7.04. The molecule has 0 aliphatic carbocycles. The molecular formula is C32H27N3O3S2. The van der Waals surface area contributed by atoms with Crippen LogP contribution in [-0.4, -0.2) is 28.4 Å². The number of aromatic amines is 1. The van der Waals surface area contributed by atoms with Gasteiger partial charge in [-0.05, 0) is 55.5 Å². The van der Waals surface area contributed by atoms with Crippen LogP contribution >= 0.6 is 23.1 Å². The number of carbonyl (C=O) groups is 1. The Morgan fingerprint density at radius 3 is 2.52 bits per heavy atom. The molecule has 1 atom stereocenters. The van der Waals surface area contributed by atoms with Gasteiger partial charge in [0.15, 0.2) is 4.80 Å². The van der Waals surface area contributed by atoms with E-state index >= 15 is 0 Å². The zero-order chi connectivity index (χ0) is 27.8. The summed E-state index contributed by atoms with van der Waals surface area (Å²) in [5.74, 6) is -0.458. The maximum Gasteiger partial charge on any atom is 0.338 e. The summed E-state index contributed by atoms with van der Waals surface area (Å²) in [6.07, 6.45) is 3.96. The summed E-state index contributed by atoms with van der Waals surface area (Å²) in [6.45, 7) is 3.82. The van der Waals surface area contributed by atoms with Crippen LogP contribution in [0, 0.1) is 0 Å². The molecule has 0 saturated heterocycles. The van der Waals surface area contributed by atoms with Crippen molar-refractivity contribution in [2.75, 3.05) is 12.9 Å². The molecule has 0 amide bonds. The third-order valence-electron chi connectivity index (χ3n) is 7.03. The molecule has 1 aliphatic rings. The van der Waals surface area contributed by atoms with Crippen LogP contribution in [0.25, 0.3) is 28.2 Å². The molecule has 3 aromatic carbocycles. The molecule has 2 aromatic heterocycles. The van der Waals surface area contributed by atoms with Crippen LogP contribution in [0.2, 0.25) is 0 Å². The highest BCUT2D eigenvalue weighted by Crippen LogP contribution is 2.33. The van der Waals surface area contributed by atoms with Crippen LogP contribution in [0.5, 0.6) is 0 Å². The van der Waals surface area contributed by atoms with E-state index < -0.39 is 12.0 Å². The average molecular weight is 566 g/mol. The number of carbonyl (C=O) groups excluding carboxylic acids is 1. The third-order valence-corrected chi connectivity index (χ3v) is 8.76. The molecule has 6 nitrogen and oxygen atoms in total. The first-order valence-corrected chi connectivity index (χ1v) is 15.0. The highest BCUT2D eigenvalue weighted by atomic mass is 32.2. The van der Waals surface area contributed by atoms with Crippen molar-refractivity contribution in [1.29, 1.82) is 0 Å². The van der Waals surface area contributed by atoms with Crippen LogP contribution in [0.4, 0.5) is 0 Å². The van der Waals surface area contributed by atoms with Gasteiger partial charge in [-0.2, -0.15) is 0 Å². The fourth-order valence-electron chi connectivity index (χ4n) is 5.17. The number of rotatable bonds is 6. The van der Waals surface area contributed by atoms with Crippen molar-refractivity contribution in [3.8, 4) is 11.3 Å². The summed E-state index contributed by atoms with van der Waals surface area (Å²) in [6, 6.07) is 25.5. The highest BCUT2D eigenvalue weighted by molar-refractivity contribution is 7.98. The standard InChI is InChI=1S/C32H27N3O3S2/c1-4-38-31(37)27-19(2)33-32-35(29(27)21-14-16-22(39-3)17-15-21)30(36)26(40-32)18-24-23-12-8-9-13-25(23)34-28(24)20-10-6-5-7-11-20/h5-18,29,34H,4H2,1-3H3/b26-18+/t29-/m0/s1. The predicted molar refractivity (Wildman–Crippen MR) is 162 cm³/mol. The molecule has 3 heterocycles. The lowest BCUT2D eigenvalue weighted by molar-refractivity contribution is -0.139. The number of ether oxygens (including phenoxy) is 1. The number of nitrogens with one attached hydrogen (secondary N) is 1. The van der Waals surface area contributed by atoms with Gasteiger partial charge in [-0.15, -0.1) is 11.8 Å². The number of para-hydroxylation sites is 1. The van der Waals surface area contributed by atoms with E-state index in [1.165, 1.54) is 11.3 Å². The van der Waals surface area contributed by atoms with Crippen molar-refractivity contribution in [2.24, 2.45) is 4.99 Å². The molecular weight excluding hydrogens is 539 g/mol. The van der Waals surface area contributed by atoms with Gasteiger partial charge >= 0.3 is 5.97 Å². The quantitative estimate of drug-likeness (QED) is 0.213. The number of fused-ring (bicyclic) bond motifs is 2. The summed E-state index contributed by atoms with van der Waals surface area (Å²) in [5.41, 5.74) is 5.49. The first-order valence-electron chi connectivity index (χ1n) is 13.0. The lowest BCUT2D eigenvalue weighted by Gasteiger charge is -2.24. The number of nitrogens with zero attached hydrogens (tertiary/aromatic N) is 2.